The Bertz CT molecular complexity index is 1510. The lowest BCUT2D eigenvalue weighted by Gasteiger charge is -2.32. The Balaban J connectivity index is 1.70. The van der Waals surface area contributed by atoms with Crippen molar-refractivity contribution in [2.75, 3.05) is 31.1 Å². The molecule has 39 heavy (non-hydrogen) atoms. The van der Waals surface area contributed by atoms with E-state index >= 15 is 0 Å². The van der Waals surface area contributed by atoms with Gasteiger partial charge in [-0.05, 0) is 42.8 Å². The molecule has 4 rings (SSSR count). The topological polar surface area (TPSA) is 137 Å². The van der Waals surface area contributed by atoms with Gasteiger partial charge in [-0.25, -0.2) is 4.79 Å². The molecule has 2 N–H and O–H groups in total. The fourth-order valence-corrected chi connectivity index (χ4v) is 4.18. The minimum absolute atomic E-state index is 0.0504. The number of imidazole rings is 1. The largest absolute Gasteiger partial charge is 0.466 e. The van der Waals surface area contributed by atoms with Gasteiger partial charge in [0.15, 0.2) is 0 Å². The number of carboxylic acid groups (broad SMARTS) is 1. The van der Waals surface area contributed by atoms with E-state index in [1.807, 2.05) is 0 Å². The molecule has 1 aliphatic heterocycles. The Morgan fingerprint density at radius 1 is 1.13 bits per heavy atom. The maximum atomic E-state index is 13.1. The van der Waals surface area contributed by atoms with Crippen molar-refractivity contribution in [3.8, 4) is 0 Å². The van der Waals surface area contributed by atoms with Crippen molar-refractivity contribution < 1.29 is 42.2 Å². The van der Waals surface area contributed by atoms with E-state index in [0.29, 0.717) is 23.1 Å². The number of alkyl halides is 3. The maximum Gasteiger partial charge on any atom is 0.416 e. The number of esters is 1. The number of rotatable bonds is 6. The molecule has 2 heterocycles. The standard InChI is InChI=1S/C25H24F3N5O6/c1-15(34)39-11-3-8-33-20-7-6-18(32-10-9-31(24(37)38)14-21(32)35)13-19(20)29-23(33)30-22(36)16-4-2-5-17(12-16)25(26,27)28/h2,4-7,12-13H,3,8-11,14H2,1H3,(H,37,38)(H,29,30,36). The molecule has 2 aromatic carbocycles. The Labute approximate surface area is 219 Å². The number of nitrogens with zero attached hydrogens (tertiary/aromatic N) is 4. The number of ether oxygens (including phenoxy) is 1. The second kappa shape index (κ2) is 11.0. The molecule has 0 unspecified atom stereocenters. The third-order valence-corrected chi connectivity index (χ3v) is 6.05. The van der Waals surface area contributed by atoms with E-state index in [1.165, 1.54) is 17.9 Å². The number of H-pyrrole nitrogens is 1. The van der Waals surface area contributed by atoms with Gasteiger partial charge >= 0.3 is 18.2 Å². The number of anilines is 1. The van der Waals surface area contributed by atoms with E-state index in [-0.39, 0.29) is 44.0 Å². The first-order chi connectivity index (χ1) is 18.4. The second-order valence-electron chi connectivity index (χ2n) is 8.74. The van der Waals surface area contributed by atoms with Crippen LogP contribution in [0.15, 0.2) is 47.5 Å². The number of nitrogens with one attached hydrogen (secondary N) is 1. The van der Waals surface area contributed by atoms with E-state index in [0.717, 1.165) is 23.1 Å². The van der Waals surface area contributed by atoms with E-state index in [1.54, 1.807) is 22.8 Å². The Morgan fingerprint density at radius 3 is 2.56 bits per heavy atom. The van der Waals surface area contributed by atoms with Crippen molar-refractivity contribution in [3.63, 3.8) is 0 Å². The Morgan fingerprint density at radius 2 is 1.90 bits per heavy atom. The van der Waals surface area contributed by atoms with Crippen LogP contribution in [-0.2, 0) is 27.0 Å². The summed E-state index contributed by atoms with van der Waals surface area (Å²) in [6.45, 7) is 1.60. The molecular formula is C25H24F3N5O6. The van der Waals surface area contributed by atoms with Crippen LogP contribution in [0.5, 0.6) is 0 Å². The van der Waals surface area contributed by atoms with Gasteiger partial charge < -0.3 is 24.3 Å². The lowest BCUT2D eigenvalue weighted by molar-refractivity contribution is -0.141. The van der Waals surface area contributed by atoms with Crippen LogP contribution in [-0.4, -0.2) is 69.7 Å². The number of carbonyl (C=O) groups excluding carboxylic acids is 3. The SMILES string of the molecule is CC(=O)OCCCn1/c(=N\C(=O)c2cccc(C(F)(F)F)c2)[nH]c2cc(N3CCN(C(=O)O)CC3=O)ccc21. The molecule has 0 radical (unpaired) electrons. The summed E-state index contributed by atoms with van der Waals surface area (Å²) in [7, 11) is 0. The number of hydrogen-bond donors (Lipinski definition) is 2. The number of piperazine rings is 1. The second-order valence-corrected chi connectivity index (χ2v) is 8.74. The minimum Gasteiger partial charge on any atom is -0.466 e. The molecule has 3 aromatic rings. The number of benzene rings is 2. The number of halogens is 3. The van der Waals surface area contributed by atoms with Crippen LogP contribution in [0.1, 0.15) is 29.3 Å². The summed E-state index contributed by atoms with van der Waals surface area (Å²) in [5, 5.41) is 9.14. The quantitative estimate of drug-likeness (QED) is 0.360. The first-order valence-corrected chi connectivity index (χ1v) is 11.8. The van der Waals surface area contributed by atoms with Crippen LogP contribution in [0.25, 0.3) is 11.0 Å². The Hall–Kier alpha value is -4.62. The molecule has 11 nitrogen and oxygen atoms in total. The maximum absolute atomic E-state index is 13.1. The normalized spacial score (nSPS) is 14.7. The molecule has 1 saturated heterocycles. The number of hydrogen-bond acceptors (Lipinski definition) is 5. The molecule has 1 aliphatic rings. The van der Waals surface area contributed by atoms with Crippen molar-refractivity contribution in [2.45, 2.75) is 26.1 Å². The van der Waals surface area contributed by atoms with Gasteiger partial charge in [-0.3, -0.25) is 19.3 Å². The number of carbonyl (C=O) groups is 4. The third kappa shape index (κ3) is 6.27. The molecule has 1 fully saturated rings. The number of amides is 3. The van der Waals surface area contributed by atoms with Gasteiger partial charge in [-0.2, -0.15) is 18.2 Å². The predicted octanol–water partition coefficient (Wildman–Crippen LogP) is 3.01. The molecule has 14 heteroatoms. The molecule has 0 bridgehead atoms. The highest BCUT2D eigenvalue weighted by Gasteiger charge is 2.31. The molecule has 0 atom stereocenters. The van der Waals surface area contributed by atoms with Gasteiger partial charge in [0.05, 0.1) is 23.2 Å². The number of aromatic amines is 1. The van der Waals surface area contributed by atoms with E-state index in [2.05, 4.69) is 9.98 Å². The molecule has 206 valence electrons. The molecule has 0 spiro atoms. The van der Waals surface area contributed by atoms with Gasteiger partial charge in [-0.1, -0.05) is 6.07 Å². The fourth-order valence-electron chi connectivity index (χ4n) is 4.18. The summed E-state index contributed by atoms with van der Waals surface area (Å²) in [5.74, 6) is -1.77. The lowest BCUT2D eigenvalue weighted by atomic mass is 10.1. The van der Waals surface area contributed by atoms with Crippen LogP contribution >= 0.6 is 0 Å². The highest BCUT2D eigenvalue weighted by atomic mass is 19.4. The highest BCUT2D eigenvalue weighted by Crippen LogP contribution is 2.29. The van der Waals surface area contributed by atoms with E-state index in [9.17, 15) is 32.3 Å². The van der Waals surface area contributed by atoms with Crippen LogP contribution < -0.4 is 10.5 Å². The van der Waals surface area contributed by atoms with Crippen LogP contribution in [0, 0.1) is 0 Å². The van der Waals surface area contributed by atoms with E-state index < -0.39 is 35.6 Å². The summed E-state index contributed by atoms with van der Waals surface area (Å²) in [6.07, 6.45) is -5.46. The zero-order valence-corrected chi connectivity index (χ0v) is 20.7. The number of aromatic nitrogens is 2. The summed E-state index contributed by atoms with van der Waals surface area (Å²) in [5.41, 5.74) is 0.359. The van der Waals surface area contributed by atoms with Crippen LogP contribution in [0.2, 0.25) is 0 Å². The van der Waals surface area contributed by atoms with Gasteiger partial charge in [0.25, 0.3) is 5.91 Å². The zero-order valence-electron chi connectivity index (χ0n) is 20.7. The number of aryl methyl sites for hydroxylation is 1. The van der Waals surface area contributed by atoms with Crippen molar-refractivity contribution in [2.24, 2.45) is 4.99 Å². The molecule has 1 aromatic heterocycles. The van der Waals surface area contributed by atoms with Crippen molar-refractivity contribution >= 4 is 40.6 Å². The van der Waals surface area contributed by atoms with Crippen LogP contribution in [0.4, 0.5) is 23.7 Å². The van der Waals surface area contributed by atoms with Gasteiger partial charge in [0.2, 0.25) is 11.5 Å². The predicted molar refractivity (Wildman–Crippen MR) is 131 cm³/mol. The Kier molecular flexibility index (Phi) is 7.74. The average molecular weight is 547 g/mol. The third-order valence-electron chi connectivity index (χ3n) is 6.05. The number of fused-ring (bicyclic) bond motifs is 1. The lowest BCUT2D eigenvalue weighted by Crippen LogP contribution is -2.52. The van der Waals surface area contributed by atoms with Crippen molar-refractivity contribution in [1.82, 2.24) is 14.5 Å². The fraction of sp³-hybridized carbons (Fsp3) is 0.320. The summed E-state index contributed by atoms with van der Waals surface area (Å²) in [6, 6.07) is 8.91. The first-order valence-electron chi connectivity index (χ1n) is 11.8. The van der Waals surface area contributed by atoms with Gasteiger partial charge in [-0.15, -0.1) is 0 Å². The minimum atomic E-state index is -4.63. The molecule has 0 aliphatic carbocycles. The van der Waals surface area contributed by atoms with Crippen LogP contribution in [0.3, 0.4) is 0 Å². The van der Waals surface area contributed by atoms with Gasteiger partial charge in [0, 0.05) is 37.8 Å². The molecule has 3 amide bonds. The summed E-state index contributed by atoms with van der Waals surface area (Å²) < 4.78 is 46.0. The van der Waals surface area contributed by atoms with Gasteiger partial charge in [0.1, 0.15) is 6.54 Å². The zero-order chi connectivity index (χ0) is 28.3. The monoisotopic (exact) mass is 547 g/mol. The molecular weight excluding hydrogens is 523 g/mol. The highest BCUT2D eigenvalue weighted by molar-refractivity contribution is 5.99. The van der Waals surface area contributed by atoms with Crippen molar-refractivity contribution in [1.29, 1.82) is 0 Å². The van der Waals surface area contributed by atoms with Crippen molar-refractivity contribution in [3.05, 3.63) is 59.2 Å². The van der Waals surface area contributed by atoms with E-state index in [4.69, 9.17) is 9.84 Å². The smallest absolute Gasteiger partial charge is 0.416 e. The molecule has 0 saturated carbocycles. The summed E-state index contributed by atoms with van der Waals surface area (Å²) >= 11 is 0. The summed E-state index contributed by atoms with van der Waals surface area (Å²) in [4.78, 5) is 57.2. The first kappa shape index (κ1) is 27.4. The average Bonchev–Trinajstić information content (AvgIpc) is 3.21.